The molecule has 21 heavy (non-hydrogen) atoms. The van der Waals surface area contributed by atoms with Crippen LogP contribution in [0.5, 0.6) is 0 Å². The Morgan fingerprint density at radius 3 is 2.57 bits per heavy atom. The number of carboxylic acids is 1. The molecule has 0 radical (unpaired) electrons. The van der Waals surface area contributed by atoms with E-state index in [1.54, 1.807) is 18.2 Å². The van der Waals surface area contributed by atoms with Crippen molar-refractivity contribution in [3.63, 3.8) is 0 Å². The molecular weight excluding hydrogens is 276 g/mol. The molecule has 8 nitrogen and oxygen atoms in total. The highest BCUT2D eigenvalue weighted by Gasteiger charge is 2.12. The van der Waals surface area contributed by atoms with Crippen molar-refractivity contribution in [3.8, 4) is 6.07 Å². The first-order valence-corrected chi connectivity index (χ1v) is 5.71. The van der Waals surface area contributed by atoms with Crippen molar-refractivity contribution in [2.24, 2.45) is 0 Å². The zero-order valence-corrected chi connectivity index (χ0v) is 10.8. The number of rotatable bonds is 5. The fraction of sp³-hybridized carbons (Fsp3) is 0.0769. The Bertz CT molecular complexity index is 646. The van der Waals surface area contributed by atoms with E-state index in [-0.39, 0.29) is 11.3 Å². The molecule has 8 heteroatoms. The number of benzene rings is 1. The first-order valence-electron chi connectivity index (χ1n) is 5.71. The highest BCUT2D eigenvalue weighted by Crippen LogP contribution is 2.09. The maximum atomic E-state index is 11.8. The monoisotopic (exact) mass is 288 g/mol. The van der Waals surface area contributed by atoms with E-state index in [4.69, 9.17) is 16.1 Å². The molecule has 0 spiro atoms. The summed E-state index contributed by atoms with van der Waals surface area (Å²) in [5.74, 6) is -2.74. The number of nitriles is 1. The predicted octanol–water partition coefficient (Wildman–Crippen LogP) is -0.393. The maximum Gasteiger partial charge on any atom is 0.322 e. The molecule has 1 aromatic carbocycles. The molecule has 1 aromatic rings. The Balaban J connectivity index is 2.75. The van der Waals surface area contributed by atoms with E-state index in [2.05, 4.69) is 5.32 Å². The normalized spacial score (nSPS) is 10.3. The molecule has 0 aliphatic carbocycles. The highest BCUT2D eigenvalue weighted by molar-refractivity contribution is 6.02. The molecule has 0 saturated heterocycles. The molecule has 5 N–H and O–H groups in total. The van der Waals surface area contributed by atoms with Crippen LogP contribution in [-0.2, 0) is 9.59 Å². The van der Waals surface area contributed by atoms with E-state index in [0.717, 1.165) is 6.20 Å². The summed E-state index contributed by atoms with van der Waals surface area (Å²) in [6.45, 7) is -0.628. The number of nitrogens with zero attached hydrogens (tertiary/aromatic N) is 1. The topological polar surface area (TPSA) is 145 Å². The van der Waals surface area contributed by atoms with E-state index >= 15 is 0 Å². The number of carbonyl (C=O) groups is 3. The average Bonchev–Trinajstić information content (AvgIpc) is 2.45. The Hall–Kier alpha value is -3.34. The second-order valence-corrected chi connectivity index (χ2v) is 3.81. The second-order valence-electron chi connectivity index (χ2n) is 3.81. The van der Waals surface area contributed by atoms with Gasteiger partial charge in [0, 0.05) is 11.9 Å². The lowest BCUT2D eigenvalue weighted by atomic mass is 10.1. The van der Waals surface area contributed by atoms with Gasteiger partial charge in [-0.05, 0) is 12.1 Å². The SMILES string of the molecule is N#C/C(=C/NC(=O)c1ccccc1N)C(=O)NCC(=O)O. The maximum absolute atomic E-state index is 11.8. The minimum atomic E-state index is -1.25. The summed E-state index contributed by atoms with van der Waals surface area (Å²) < 4.78 is 0. The van der Waals surface area contributed by atoms with Crippen molar-refractivity contribution < 1.29 is 19.5 Å². The van der Waals surface area contributed by atoms with Gasteiger partial charge in [-0.25, -0.2) is 0 Å². The number of anilines is 1. The van der Waals surface area contributed by atoms with Gasteiger partial charge in [0.15, 0.2) is 0 Å². The van der Waals surface area contributed by atoms with Gasteiger partial charge in [-0.1, -0.05) is 12.1 Å². The third-order valence-corrected chi connectivity index (χ3v) is 2.32. The molecule has 0 aliphatic rings. The van der Waals surface area contributed by atoms with E-state index in [0.29, 0.717) is 0 Å². The number of carboxylic acid groups (broad SMARTS) is 1. The van der Waals surface area contributed by atoms with Gasteiger partial charge >= 0.3 is 5.97 Å². The molecule has 2 amide bonds. The number of hydrogen-bond donors (Lipinski definition) is 4. The van der Waals surface area contributed by atoms with Crippen molar-refractivity contribution in [2.45, 2.75) is 0 Å². The van der Waals surface area contributed by atoms with E-state index in [1.807, 2.05) is 5.32 Å². The molecule has 0 heterocycles. The standard InChI is InChI=1S/C13H12N4O4/c14-5-8(12(20)17-7-11(18)19)6-16-13(21)9-3-1-2-4-10(9)15/h1-4,6H,7,15H2,(H,16,21)(H,17,20)(H,18,19)/b8-6-. The quantitative estimate of drug-likeness (QED) is 0.329. The summed E-state index contributed by atoms with van der Waals surface area (Å²) in [6.07, 6.45) is 0.895. The summed E-state index contributed by atoms with van der Waals surface area (Å²) in [5.41, 5.74) is 5.62. The lowest BCUT2D eigenvalue weighted by Crippen LogP contribution is -2.31. The van der Waals surface area contributed by atoms with Crippen molar-refractivity contribution in [2.75, 3.05) is 12.3 Å². The number of carbonyl (C=O) groups excluding carboxylic acids is 2. The van der Waals surface area contributed by atoms with Gasteiger partial charge in [0.1, 0.15) is 18.2 Å². The summed E-state index contributed by atoms with van der Waals surface area (Å²) in [4.78, 5) is 33.6. The van der Waals surface area contributed by atoms with Gasteiger partial charge in [0.05, 0.1) is 5.56 Å². The molecule has 108 valence electrons. The Morgan fingerprint density at radius 1 is 1.33 bits per heavy atom. The number of amides is 2. The average molecular weight is 288 g/mol. The van der Waals surface area contributed by atoms with E-state index in [9.17, 15) is 14.4 Å². The van der Waals surface area contributed by atoms with Crippen LogP contribution in [0.4, 0.5) is 5.69 Å². The second kappa shape index (κ2) is 7.30. The number of nitrogen functional groups attached to an aromatic ring is 1. The largest absolute Gasteiger partial charge is 0.480 e. The third kappa shape index (κ3) is 4.68. The number of aliphatic carboxylic acids is 1. The molecule has 0 fully saturated rings. The Morgan fingerprint density at radius 2 is 2.00 bits per heavy atom. The smallest absolute Gasteiger partial charge is 0.322 e. The number of nitrogens with two attached hydrogens (primary N) is 1. The molecule has 0 atom stereocenters. The fourth-order valence-electron chi connectivity index (χ4n) is 1.32. The van der Waals surface area contributed by atoms with Crippen LogP contribution in [0, 0.1) is 11.3 Å². The minimum Gasteiger partial charge on any atom is -0.480 e. The van der Waals surface area contributed by atoms with Crippen LogP contribution in [0.2, 0.25) is 0 Å². The van der Waals surface area contributed by atoms with Crippen LogP contribution in [0.3, 0.4) is 0 Å². The summed E-state index contributed by atoms with van der Waals surface area (Å²) in [6, 6.07) is 7.84. The van der Waals surface area contributed by atoms with E-state index < -0.39 is 29.9 Å². The molecule has 0 bridgehead atoms. The first kappa shape index (κ1) is 15.7. The van der Waals surface area contributed by atoms with Crippen LogP contribution in [0.15, 0.2) is 36.0 Å². The van der Waals surface area contributed by atoms with Crippen molar-refractivity contribution in [1.82, 2.24) is 10.6 Å². The van der Waals surface area contributed by atoms with Crippen LogP contribution in [-0.4, -0.2) is 29.4 Å². The minimum absolute atomic E-state index is 0.192. The third-order valence-electron chi connectivity index (χ3n) is 2.32. The summed E-state index contributed by atoms with van der Waals surface area (Å²) in [5, 5.41) is 21.5. The van der Waals surface area contributed by atoms with Crippen molar-refractivity contribution in [3.05, 3.63) is 41.6 Å². The molecule has 0 saturated carbocycles. The van der Waals surface area contributed by atoms with Crippen LogP contribution in [0.1, 0.15) is 10.4 Å². The molecule has 1 rings (SSSR count). The van der Waals surface area contributed by atoms with Gasteiger partial charge in [0.25, 0.3) is 11.8 Å². The zero-order chi connectivity index (χ0) is 15.8. The number of para-hydroxylation sites is 1. The Labute approximate surface area is 119 Å². The van der Waals surface area contributed by atoms with Crippen LogP contribution in [0.25, 0.3) is 0 Å². The van der Waals surface area contributed by atoms with Gasteiger partial charge in [-0.3, -0.25) is 14.4 Å². The first-order chi connectivity index (χ1) is 9.95. The predicted molar refractivity (Wildman–Crippen MR) is 72.7 cm³/mol. The van der Waals surface area contributed by atoms with Crippen molar-refractivity contribution >= 4 is 23.5 Å². The van der Waals surface area contributed by atoms with E-state index in [1.165, 1.54) is 12.1 Å². The molecular formula is C13H12N4O4. The zero-order valence-electron chi connectivity index (χ0n) is 10.8. The van der Waals surface area contributed by atoms with Gasteiger partial charge in [-0.15, -0.1) is 0 Å². The summed E-state index contributed by atoms with van der Waals surface area (Å²) >= 11 is 0. The molecule has 0 unspecified atom stereocenters. The number of hydrogen-bond acceptors (Lipinski definition) is 5. The van der Waals surface area contributed by atoms with Gasteiger partial charge in [-0.2, -0.15) is 5.26 Å². The summed E-state index contributed by atoms with van der Waals surface area (Å²) in [7, 11) is 0. The molecule has 0 aromatic heterocycles. The highest BCUT2D eigenvalue weighted by atomic mass is 16.4. The lowest BCUT2D eigenvalue weighted by Gasteiger charge is -2.04. The van der Waals surface area contributed by atoms with Crippen LogP contribution >= 0.6 is 0 Å². The van der Waals surface area contributed by atoms with Gasteiger partial charge in [0.2, 0.25) is 0 Å². The van der Waals surface area contributed by atoms with Gasteiger partial charge < -0.3 is 21.5 Å². The van der Waals surface area contributed by atoms with Crippen LogP contribution < -0.4 is 16.4 Å². The van der Waals surface area contributed by atoms with Crippen molar-refractivity contribution in [1.29, 1.82) is 5.26 Å². The fourth-order valence-corrected chi connectivity index (χ4v) is 1.32. The lowest BCUT2D eigenvalue weighted by molar-refractivity contribution is -0.137. The molecule has 0 aliphatic heterocycles. The Kier molecular flexibility index (Phi) is 5.46. The number of nitrogens with one attached hydrogen (secondary N) is 2.